The van der Waals surface area contributed by atoms with Crippen LogP contribution in [0.15, 0.2) is 12.1 Å². The monoisotopic (exact) mass is 295 g/mol. The fraction of sp³-hybridized carbons (Fsp3) is 0.625. The molecule has 4 nitrogen and oxygen atoms in total. The van der Waals surface area contributed by atoms with Crippen LogP contribution in [-0.4, -0.2) is 37.2 Å². The number of likely N-dealkylation sites (tertiary alicyclic amines) is 1. The van der Waals surface area contributed by atoms with Gasteiger partial charge in [-0.1, -0.05) is 6.42 Å². The number of anilines is 2. The van der Waals surface area contributed by atoms with Gasteiger partial charge in [-0.3, -0.25) is 0 Å². The Bertz CT molecular complexity index is 461. The lowest BCUT2D eigenvalue weighted by atomic mass is 10.1. The molecule has 2 rings (SSSR count). The molecule has 0 amide bonds. The van der Waals surface area contributed by atoms with Crippen molar-refractivity contribution in [3.63, 3.8) is 0 Å². The van der Waals surface area contributed by atoms with Gasteiger partial charge in [0.25, 0.3) is 0 Å². The van der Waals surface area contributed by atoms with Crippen molar-refractivity contribution in [1.82, 2.24) is 4.90 Å². The molecule has 1 atom stereocenters. The highest BCUT2D eigenvalue weighted by Gasteiger charge is 2.15. The van der Waals surface area contributed by atoms with Crippen molar-refractivity contribution in [2.24, 2.45) is 0 Å². The Kier molecular flexibility index (Phi) is 5.67. The molecule has 0 spiro atoms. The number of hydrogen-bond donors (Lipinski definition) is 2. The minimum absolute atomic E-state index is 0.249. The molecule has 1 aliphatic heterocycles. The van der Waals surface area contributed by atoms with Crippen LogP contribution in [0.4, 0.5) is 15.8 Å². The first-order chi connectivity index (χ1) is 10.1. The molecule has 1 fully saturated rings. The summed E-state index contributed by atoms with van der Waals surface area (Å²) in [6, 6.07) is 3.23. The maximum Gasteiger partial charge on any atom is 0.167 e. The van der Waals surface area contributed by atoms with Crippen LogP contribution in [0.1, 0.15) is 33.1 Å². The van der Waals surface area contributed by atoms with Crippen LogP contribution in [-0.2, 0) is 0 Å². The van der Waals surface area contributed by atoms with Gasteiger partial charge in [0.1, 0.15) is 0 Å². The zero-order valence-corrected chi connectivity index (χ0v) is 13.0. The first-order valence-corrected chi connectivity index (χ1v) is 7.81. The number of nitrogens with zero attached hydrogens (tertiary/aromatic N) is 1. The quantitative estimate of drug-likeness (QED) is 0.792. The van der Waals surface area contributed by atoms with E-state index in [4.69, 9.17) is 10.5 Å². The second kappa shape index (κ2) is 7.50. The smallest absolute Gasteiger partial charge is 0.167 e. The zero-order valence-electron chi connectivity index (χ0n) is 13.0. The number of benzene rings is 1. The van der Waals surface area contributed by atoms with Gasteiger partial charge in [-0.05, 0) is 39.8 Å². The van der Waals surface area contributed by atoms with Gasteiger partial charge in [0.2, 0.25) is 0 Å². The van der Waals surface area contributed by atoms with E-state index in [0.717, 1.165) is 25.3 Å². The molecule has 3 N–H and O–H groups in total. The van der Waals surface area contributed by atoms with Gasteiger partial charge in [-0.25, -0.2) is 4.39 Å². The summed E-state index contributed by atoms with van der Waals surface area (Å²) in [7, 11) is 0. The van der Waals surface area contributed by atoms with Crippen LogP contribution in [0.2, 0.25) is 0 Å². The van der Waals surface area contributed by atoms with Gasteiger partial charge >= 0.3 is 0 Å². The first-order valence-electron chi connectivity index (χ1n) is 7.81. The first kappa shape index (κ1) is 15.9. The van der Waals surface area contributed by atoms with Crippen LogP contribution in [0.25, 0.3) is 0 Å². The maximum absolute atomic E-state index is 13.7. The summed E-state index contributed by atoms with van der Waals surface area (Å²) in [5, 5.41) is 3.37. The number of rotatable bonds is 6. The van der Waals surface area contributed by atoms with E-state index in [1.807, 2.05) is 6.92 Å². The highest BCUT2D eigenvalue weighted by molar-refractivity contribution is 5.69. The zero-order chi connectivity index (χ0) is 15.2. The van der Waals surface area contributed by atoms with E-state index < -0.39 is 5.82 Å². The van der Waals surface area contributed by atoms with Crippen LogP contribution in [0.5, 0.6) is 5.75 Å². The molecule has 118 valence electrons. The van der Waals surface area contributed by atoms with E-state index in [-0.39, 0.29) is 11.8 Å². The molecule has 0 bridgehead atoms. The summed E-state index contributed by atoms with van der Waals surface area (Å²) in [5.74, 6) is -0.164. The second-order valence-corrected chi connectivity index (χ2v) is 5.71. The Labute approximate surface area is 126 Å². The number of nitrogens with two attached hydrogens (primary N) is 1. The topological polar surface area (TPSA) is 50.5 Å². The van der Waals surface area contributed by atoms with Crippen molar-refractivity contribution < 1.29 is 9.13 Å². The minimum Gasteiger partial charge on any atom is -0.491 e. The molecule has 1 aromatic carbocycles. The number of hydrogen-bond acceptors (Lipinski definition) is 4. The molecule has 0 aliphatic carbocycles. The molecule has 1 unspecified atom stereocenters. The third-order valence-electron chi connectivity index (χ3n) is 3.79. The summed E-state index contributed by atoms with van der Waals surface area (Å²) in [4.78, 5) is 2.46. The van der Waals surface area contributed by atoms with E-state index in [2.05, 4.69) is 17.1 Å². The average molecular weight is 295 g/mol. The van der Waals surface area contributed by atoms with Gasteiger partial charge in [-0.15, -0.1) is 0 Å². The number of piperidine rings is 1. The minimum atomic E-state index is -0.413. The summed E-state index contributed by atoms with van der Waals surface area (Å²) < 4.78 is 19.0. The number of nitrogen functional groups attached to an aromatic ring is 1. The SMILES string of the molecule is CCOc1cc(NC(C)CN2CCCCC2)c(N)cc1F. The van der Waals surface area contributed by atoms with E-state index in [1.165, 1.54) is 25.3 Å². The highest BCUT2D eigenvalue weighted by Crippen LogP contribution is 2.28. The van der Waals surface area contributed by atoms with Gasteiger partial charge in [0, 0.05) is 24.7 Å². The lowest BCUT2D eigenvalue weighted by Gasteiger charge is -2.30. The highest BCUT2D eigenvalue weighted by atomic mass is 19.1. The Hall–Kier alpha value is -1.49. The van der Waals surface area contributed by atoms with Crippen LogP contribution in [0.3, 0.4) is 0 Å². The average Bonchev–Trinajstić information content (AvgIpc) is 2.45. The van der Waals surface area contributed by atoms with E-state index >= 15 is 0 Å². The second-order valence-electron chi connectivity index (χ2n) is 5.71. The molecule has 5 heteroatoms. The molecule has 1 aromatic rings. The predicted molar refractivity (Wildman–Crippen MR) is 85.4 cm³/mol. The molecule has 1 aliphatic rings. The van der Waals surface area contributed by atoms with Crippen molar-refractivity contribution in [1.29, 1.82) is 0 Å². The standard InChI is InChI=1S/C16H26FN3O/c1-3-21-16-10-15(14(18)9-13(16)17)19-12(2)11-20-7-5-4-6-8-20/h9-10,12,19H,3-8,11,18H2,1-2H3. The lowest BCUT2D eigenvalue weighted by Crippen LogP contribution is -2.38. The van der Waals surface area contributed by atoms with Gasteiger partial charge in [0.15, 0.2) is 11.6 Å². The predicted octanol–water partition coefficient (Wildman–Crippen LogP) is 3.09. The molecule has 0 radical (unpaired) electrons. The molecular weight excluding hydrogens is 269 g/mol. The fourth-order valence-electron chi connectivity index (χ4n) is 2.80. The number of ether oxygens (including phenoxy) is 1. The van der Waals surface area contributed by atoms with Crippen LogP contribution >= 0.6 is 0 Å². The Morgan fingerprint density at radius 1 is 1.33 bits per heavy atom. The van der Waals surface area contributed by atoms with Crippen molar-refractivity contribution in [3.8, 4) is 5.75 Å². The van der Waals surface area contributed by atoms with E-state index in [0.29, 0.717) is 12.3 Å². The largest absolute Gasteiger partial charge is 0.491 e. The number of halogens is 1. The molecule has 21 heavy (non-hydrogen) atoms. The third-order valence-corrected chi connectivity index (χ3v) is 3.79. The lowest BCUT2D eigenvalue weighted by molar-refractivity contribution is 0.223. The molecule has 1 saturated heterocycles. The Balaban J connectivity index is 1.98. The number of nitrogens with one attached hydrogen (secondary N) is 1. The Morgan fingerprint density at radius 3 is 2.71 bits per heavy atom. The van der Waals surface area contributed by atoms with Crippen molar-refractivity contribution in [2.45, 2.75) is 39.2 Å². The molecule has 1 heterocycles. The summed E-state index contributed by atoms with van der Waals surface area (Å²) in [6.07, 6.45) is 3.89. The van der Waals surface area contributed by atoms with Gasteiger partial charge in [-0.2, -0.15) is 0 Å². The van der Waals surface area contributed by atoms with Crippen LogP contribution < -0.4 is 15.8 Å². The maximum atomic E-state index is 13.7. The van der Waals surface area contributed by atoms with Gasteiger partial charge in [0.05, 0.1) is 18.0 Å². The van der Waals surface area contributed by atoms with Gasteiger partial charge < -0.3 is 20.7 Å². The molecular formula is C16H26FN3O. The third kappa shape index (κ3) is 4.49. The molecule has 0 saturated carbocycles. The fourth-order valence-corrected chi connectivity index (χ4v) is 2.80. The summed E-state index contributed by atoms with van der Waals surface area (Å²) in [5.41, 5.74) is 7.05. The van der Waals surface area contributed by atoms with Crippen molar-refractivity contribution in [3.05, 3.63) is 17.9 Å². The van der Waals surface area contributed by atoms with Crippen LogP contribution in [0, 0.1) is 5.82 Å². The normalized spacial score (nSPS) is 17.5. The Morgan fingerprint density at radius 2 is 2.05 bits per heavy atom. The van der Waals surface area contributed by atoms with E-state index in [1.54, 1.807) is 6.07 Å². The van der Waals surface area contributed by atoms with Crippen molar-refractivity contribution >= 4 is 11.4 Å². The summed E-state index contributed by atoms with van der Waals surface area (Å²) >= 11 is 0. The van der Waals surface area contributed by atoms with E-state index in [9.17, 15) is 4.39 Å². The summed E-state index contributed by atoms with van der Waals surface area (Å²) in [6.45, 7) is 7.69. The van der Waals surface area contributed by atoms with Crippen molar-refractivity contribution in [2.75, 3.05) is 37.3 Å². The molecule has 0 aromatic heterocycles.